The van der Waals surface area contributed by atoms with Gasteiger partial charge in [0.2, 0.25) is 0 Å². The van der Waals surface area contributed by atoms with Gasteiger partial charge in [-0.15, -0.1) is 0 Å². The summed E-state index contributed by atoms with van der Waals surface area (Å²) in [5.74, 6) is 0. The summed E-state index contributed by atoms with van der Waals surface area (Å²) < 4.78 is 0. The molecule has 0 aliphatic rings. The Bertz CT molecular complexity index is 94.7. The van der Waals surface area contributed by atoms with Crippen LogP contribution in [0.5, 0.6) is 0 Å². The SMILES string of the molecule is CC=C(C=N)CCN. The van der Waals surface area contributed by atoms with Crippen LogP contribution in [0.25, 0.3) is 0 Å². The average molecular weight is 112 g/mol. The van der Waals surface area contributed by atoms with E-state index >= 15 is 0 Å². The topological polar surface area (TPSA) is 49.9 Å². The standard InChI is InChI=1S/C6H12N2/c1-2-6(5-8)3-4-7/h2,5,8H,3-4,7H2,1H3. The molecule has 0 rings (SSSR count). The fourth-order valence-corrected chi connectivity index (χ4v) is 0.467. The number of nitrogens with one attached hydrogen (secondary N) is 1. The van der Waals surface area contributed by atoms with Crippen molar-refractivity contribution in [3.05, 3.63) is 11.6 Å². The van der Waals surface area contributed by atoms with Crippen LogP contribution in [0.4, 0.5) is 0 Å². The van der Waals surface area contributed by atoms with E-state index in [0.29, 0.717) is 6.54 Å². The maximum Gasteiger partial charge on any atom is 0.0207 e. The lowest BCUT2D eigenvalue weighted by Gasteiger charge is -1.92. The van der Waals surface area contributed by atoms with Gasteiger partial charge in [0.15, 0.2) is 0 Å². The van der Waals surface area contributed by atoms with Crippen molar-refractivity contribution in [1.29, 1.82) is 5.41 Å². The second-order valence-electron chi connectivity index (χ2n) is 1.55. The summed E-state index contributed by atoms with van der Waals surface area (Å²) >= 11 is 0. The third kappa shape index (κ3) is 2.53. The third-order valence-corrected chi connectivity index (χ3v) is 0.989. The molecule has 0 heterocycles. The smallest absolute Gasteiger partial charge is 0.0207 e. The molecule has 46 valence electrons. The summed E-state index contributed by atoms with van der Waals surface area (Å²) in [6, 6.07) is 0. The fourth-order valence-electron chi connectivity index (χ4n) is 0.467. The highest BCUT2D eigenvalue weighted by Crippen LogP contribution is 1.92. The van der Waals surface area contributed by atoms with E-state index in [0.717, 1.165) is 12.0 Å². The number of rotatable bonds is 3. The Morgan fingerprint density at radius 2 is 2.38 bits per heavy atom. The first kappa shape index (κ1) is 7.37. The second kappa shape index (κ2) is 4.53. The minimum atomic E-state index is 0.634. The molecule has 0 fully saturated rings. The second-order valence-corrected chi connectivity index (χ2v) is 1.55. The Morgan fingerprint density at radius 3 is 2.50 bits per heavy atom. The Labute approximate surface area is 49.9 Å². The highest BCUT2D eigenvalue weighted by molar-refractivity contribution is 5.75. The van der Waals surface area contributed by atoms with Gasteiger partial charge in [-0.3, -0.25) is 0 Å². The summed E-state index contributed by atoms with van der Waals surface area (Å²) in [4.78, 5) is 0. The zero-order valence-electron chi connectivity index (χ0n) is 5.15. The summed E-state index contributed by atoms with van der Waals surface area (Å²) in [6.45, 7) is 2.55. The van der Waals surface area contributed by atoms with Crippen molar-refractivity contribution in [3.63, 3.8) is 0 Å². The molecule has 0 aromatic carbocycles. The van der Waals surface area contributed by atoms with E-state index in [4.69, 9.17) is 11.1 Å². The van der Waals surface area contributed by atoms with E-state index in [-0.39, 0.29) is 0 Å². The highest BCUT2D eigenvalue weighted by Gasteiger charge is 1.84. The average Bonchev–Trinajstić information content (AvgIpc) is 1.83. The highest BCUT2D eigenvalue weighted by atomic mass is 14.5. The van der Waals surface area contributed by atoms with Crippen molar-refractivity contribution in [2.45, 2.75) is 13.3 Å². The summed E-state index contributed by atoms with van der Waals surface area (Å²) in [5.41, 5.74) is 6.24. The lowest BCUT2D eigenvalue weighted by Crippen LogP contribution is -2.00. The van der Waals surface area contributed by atoms with E-state index in [9.17, 15) is 0 Å². The largest absolute Gasteiger partial charge is 0.330 e. The van der Waals surface area contributed by atoms with Crippen LogP contribution in [0.2, 0.25) is 0 Å². The molecule has 0 amide bonds. The van der Waals surface area contributed by atoms with Crippen molar-refractivity contribution in [2.75, 3.05) is 6.54 Å². The maximum absolute atomic E-state index is 6.81. The molecular weight excluding hydrogens is 100 g/mol. The van der Waals surface area contributed by atoms with Crippen LogP contribution in [0.3, 0.4) is 0 Å². The van der Waals surface area contributed by atoms with Crippen molar-refractivity contribution in [1.82, 2.24) is 0 Å². The minimum Gasteiger partial charge on any atom is -0.330 e. The molecule has 0 aromatic heterocycles. The molecule has 0 bridgehead atoms. The summed E-state index contributed by atoms with van der Waals surface area (Å²) in [6.07, 6.45) is 4.06. The number of nitrogens with two attached hydrogens (primary N) is 1. The molecule has 2 heteroatoms. The van der Waals surface area contributed by atoms with Gasteiger partial charge >= 0.3 is 0 Å². The third-order valence-electron chi connectivity index (χ3n) is 0.989. The van der Waals surface area contributed by atoms with E-state index < -0.39 is 0 Å². The predicted octanol–water partition coefficient (Wildman–Crippen LogP) is 0.931. The number of hydrogen-bond acceptors (Lipinski definition) is 2. The van der Waals surface area contributed by atoms with Crippen LogP contribution < -0.4 is 5.73 Å². The Hall–Kier alpha value is -0.630. The zero-order valence-corrected chi connectivity index (χ0v) is 5.15. The molecule has 0 radical (unpaired) electrons. The molecule has 0 saturated heterocycles. The maximum atomic E-state index is 6.81. The lowest BCUT2D eigenvalue weighted by molar-refractivity contribution is 0.984. The van der Waals surface area contributed by atoms with Gasteiger partial charge < -0.3 is 11.1 Å². The van der Waals surface area contributed by atoms with Crippen LogP contribution in [0.15, 0.2) is 11.6 Å². The summed E-state index contributed by atoms with van der Waals surface area (Å²) in [7, 11) is 0. The lowest BCUT2D eigenvalue weighted by atomic mass is 10.2. The molecular formula is C6H12N2. The van der Waals surface area contributed by atoms with Crippen LogP contribution in [-0.2, 0) is 0 Å². The Kier molecular flexibility index (Phi) is 4.17. The number of hydrogen-bond donors (Lipinski definition) is 2. The Morgan fingerprint density at radius 1 is 1.75 bits per heavy atom. The van der Waals surface area contributed by atoms with Crippen molar-refractivity contribution < 1.29 is 0 Å². The molecule has 2 nitrogen and oxygen atoms in total. The molecule has 0 spiro atoms. The molecule has 0 unspecified atom stereocenters. The van der Waals surface area contributed by atoms with Crippen LogP contribution in [-0.4, -0.2) is 12.8 Å². The normalized spacial score (nSPS) is 11.5. The van der Waals surface area contributed by atoms with Crippen LogP contribution in [0, 0.1) is 5.41 Å². The van der Waals surface area contributed by atoms with Gasteiger partial charge in [0.1, 0.15) is 0 Å². The Balaban J connectivity index is 3.54. The first-order valence-electron chi connectivity index (χ1n) is 2.71. The quantitative estimate of drug-likeness (QED) is 0.524. The fraction of sp³-hybridized carbons (Fsp3) is 0.500. The van der Waals surface area contributed by atoms with Gasteiger partial charge in [-0.2, -0.15) is 0 Å². The van der Waals surface area contributed by atoms with Crippen LogP contribution >= 0.6 is 0 Å². The molecule has 3 N–H and O–H groups in total. The van der Waals surface area contributed by atoms with E-state index in [1.165, 1.54) is 6.21 Å². The van der Waals surface area contributed by atoms with Crippen molar-refractivity contribution >= 4 is 6.21 Å². The van der Waals surface area contributed by atoms with Gasteiger partial charge in [0.25, 0.3) is 0 Å². The predicted molar refractivity (Wildman–Crippen MR) is 36.2 cm³/mol. The van der Waals surface area contributed by atoms with Gasteiger partial charge in [0, 0.05) is 6.21 Å². The molecule has 0 aromatic rings. The number of allylic oxidation sites excluding steroid dienone is 1. The molecule has 0 saturated carbocycles. The van der Waals surface area contributed by atoms with E-state index in [1.807, 2.05) is 13.0 Å². The first-order chi connectivity index (χ1) is 3.85. The van der Waals surface area contributed by atoms with E-state index in [2.05, 4.69) is 0 Å². The molecule has 0 aliphatic carbocycles. The first-order valence-corrected chi connectivity index (χ1v) is 2.71. The van der Waals surface area contributed by atoms with Crippen molar-refractivity contribution in [2.24, 2.45) is 5.73 Å². The van der Waals surface area contributed by atoms with Crippen LogP contribution in [0.1, 0.15) is 13.3 Å². The van der Waals surface area contributed by atoms with Crippen molar-refractivity contribution in [3.8, 4) is 0 Å². The summed E-state index contributed by atoms with van der Waals surface area (Å²) in [5, 5.41) is 6.81. The van der Waals surface area contributed by atoms with Gasteiger partial charge in [0.05, 0.1) is 0 Å². The van der Waals surface area contributed by atoms with Gasteiger partial charge in [-0.05, 0) is 25.5 Å². The van der Waals surface area contributed by atoms with E-state index in [1.54, 1.807) is 0 Å². The minimum absolute atomic E-state index is 0.634. The van der Waals surface area contributed by atoms with Gasteiger partial charge in [-0.1, -0.05) is 6.08 Å². The molecule has 0 atom stereocenters. The van der Waals surface area contributed by atoms with Gasteiger partial charge in [-0.25, -0.2) is 0 Å². The zero-order chi connectivity index (χ0) is 6.41. The monoisotopic (exact) mass is 112 g/mol. The molecule has 0 aliphatic heterocycles. The molecule has 8 heavy (non-hydrogen) atoms.